The minimum atomic E-state index is -1.49. The molecule has 8 nitrogen and oxygen atoms in total. The number of methoxy groups -OCH3 is 1. The lowest BCUT2D eigenvalue weighted by atomic mass is 9.60. The Morgan fingerprint density at radius 3 is 2.53 bits per heavy atom. The highest BCUT2D eigenvalue weighted by molar-refractivity contribution is 6.31. The first-order valence-corrected chi connectivity index (χ1v) is 10.0. The molecule has 0 aliphatic carbocycles. The quantitative estimate of drug-likeness (QED) is 0.427. The number of hydrogen-bond acceptors (Lipinski definition) is 7. The monoisotopic (exact) mass is 441 g/mol. The van der Waals surface area contributed by atoms with Gasteiger partial charge in [0.05, 0.1) is 38.5 Å². The zero-order chi connectivity index (χ0) is 22.5. The molecule has 1 aromatic rings. The number of aliphatic hydroxyl groups is 2. The maximum Gasteiger partial charge on any atom is 0.336 e. The Labute approximate surface area is 180 Å². The fraction of sp³-hybridized carbons (Fsp3) is 0.524. The number of carboxylic acid groups (broad SMARTS) is 1. The van der Waals surface area contributed by atoms with Gasteiger partial charge < -0.3 is 30.1 Å². The van der Waals surface area contributed by atoms with Crippen LogP contribution in [0, 0.1) is 5.41 Å². The summed E-state index contributed by atoms with van der Waals surface area (Å²) in [5, 5.41) is 32.4. The van der Waals surface area contributed by atoms with Crippen LogP contribution in [0.3, 0.4) is 0 Å². The molecule has 0 amide bonds. The number of carbonyl (C=O) groups is 2. The Kier molecular flexibility index (Phi) is 8.25. The number of esters is 1. The second-order valence-electron chi connectivity index (χ2n) is 7.25. The van der Waals surface area contributed by atoms with E-state index in [9.17, 15) is 19.8 Å². The minimum absolute atomic E-state index is 0.0655. The van der Waals surface area contributed by atoms with Crippen LogP contribution in [0.4, 0.5) is 0 Å². The first-order valence-electron chi connectivity index (χ1n) is 9.64. The molecule has 0 saturated heterocycles. The maximum atomic E-state index is 12.7. The van der Waals surface area contributed by atoms with Crippen LogP contribution in [0.1, 0.15) is 31.7 Å². The van der Waals surface area contributed by atoms with Gasteiger partial charge in [0, 0.05) is 16.6 Å². The van der Waals surface area contributed by atoms with Crippen LogP contribution >= 0.6 is 11.6 Å². The molecule has 0 bridgehead atoms. The number of nitrogens with one attached hydrogen (secondary N) is 1. The number of hydrogen-bond donors (Lipinski definition) is 4. The lowest BCUT2D eigenvalue weighted by Crippen LogP contribution is -2.59. The largest absolute Gasteiger partial charge is 0.481 e. The molecule has 0 saturated carbocycles. The van der Waals surface area contributed by atoms with E-state index in [4.69, 9.17) is 26.2 Å². The van der Waals surface area contributed by atoms with E-state index in [1.165, 1.54) is 7.11 Å². The van der Waals surface area contributed by atoms with Crippen LogP contribution in [0.15, 0.2) is 35.5 Å². The molecule has 0 aromatic heterocycles. The first-order chi connectivity index (χ1) is 14.2. The van der Waals surface area contributed by atoms with Crippen molar-refractivity contribution >= 4 is 23.5 Å². The number of aliphatic carboxylic acids is 1. The van der Waals surface area contributed by atoms with Gasteiger partial charge in [0.1, 0.15) is 11.5 Å². The number of benzene rings is 1. The van der Waals surface area contributed by atoms with E-state index in [-0.39, 0.29) is 25.2 Å². The van der Waals surface area contributed by atoms with Gasteiger partial charge in [0.2, 0.25) is 0 Å². The highest BCUT2D eigenvalue weighted by Gasteiger charge is 2.57. The molecule has 1 aliphatic heterocycles. The molecule has 0 fully saturated rings. The summed E-state index contributed by atoms with van der Waals surface area (Å²) >= 11 is 6.44. The topological polar surface area (TPSA) is 125 Å². The van der Waals surface area contributed by atoms with E-state index in [0.717, 1.165) is 0 Å². The summed E-state index contributed by atoms with van der Waals surface area (Å²) in [6.45, 7) is 2.71. The van der Waals surface area contributed by atoms with E-state index in [1.807, 2.05) is 0 Å². The number of carboxylic acids is 1. The number of ether oxygens (including phenoxy) is 2. The van der Waals surface area contributed by atoms with Crippen LogP contribution in [0.25, 0.3) is 0 Å². The SMILES string of the molecule is CCC1(C(=O)O)C(COCC(O)CO)NC(C)=C(C(=O)OC)C1c1ccccc1Cl. The third kappa shape index (κ3) is 4.46. The summed E-state index contributed by atoms with van der Waals surface area (Å²) in [5.74, 6) is -2.65. The first kappa shape index (κ1) is 24.1. The Morgan fingerprint density at radius 1 is 1.33 bits per heavy atom. The molecule has 0 radical (unpaired) electrons. The van der Waals surface area contributed by atoms with Gasteiger partial charge in [0.15, 0.2) is 0 Å². The summed E-state index contributed by atoms with van der Waals surface area (Å²) in [6, 6.07) is 6.08. The molecule has 4 atom stereocenters. The van der Waals surface area contributed by atoms with Gasteiger partial charge in [-0.3, -0.25) is 4.79 Å². The molecule has 1 heterocycles. The van der Waals surface area contributed by atoms with Crippen molar-refractivity contribution in [2.45, 2.75) is 38.3 Å². The van der Waals surface area contributed by atoms with Crippen molar-refractivity contribution in [3.63, 3.8) is 0 Å². The molecule has 166 valence electrons. The highest BCUT2D eigenvalue weighted by atomic mass is 35.5. The predicted octanol–water partition coefficient (Wildman–Crippen LogP) is 1.69. The van der Waals surface area contributed by atoms with Crippen LogP contribution in [-0.4, -0.2) is 66.3 Å². The average molecular weight is 442 g/mol. The Morgan fingerprint density at radius 2 is 2.00 bits per heavy atom. The highest BCUT2D eigenvalue weighted by Crippen LogP contribution is 2.52. The Hall–Kier alpha value is -2.13. The van der Waals surface area contributed by atoms with E-state index >= 15 is 0 Å². The van der Waals surface area contributed by atoms with E-state index in [0.29, 0.717) is 16.3 Å². The van der Waals surface area contributed by atoms with Gasteiger partial charge >= 0.3 is 11.9 Å². The fourth-order valence-corrected chi connectivity index (χ4v) is 4.35. The van der Waals surface area contributed by atoms with Crippen molar-refractivity contribution < 1.29 is 34.4 Å². The lowest BCUT2D eigenvalue weighted by molar-refractivity contribution is -0.155. The van der Waals surface area contributed by atoms with Gasteiger partial charge in [-0.25, -0.2) is 4.79 Å². The smallest absolute Gasteiger partial charge is 0.336 e. The molecular formula is C21H28ClNO7. The Bertz CT molecular complexity index is 812. The van der Waals surface area contributed by atoms with Gasteiger partial charge in [-0.1, -0.05) is 36.7 Å². The van der Waals surface area contributed by atoms with Crippen LogP contribution in [0.5, 0.6) is 0 Å². The molecule has 0 spiro atoms. The molecule has 1 aromatic carbocycles. The second-order valence-corrected chi connectivity index (χ2v) is 7.66. The standard InChI is InChI=1S/C21H28ClNO7/c1-4-21(20(27)28)16(11-30-10-13(25)9-24)23-12(2)17(19(26)29-3)18(21)14-7-5-6-8-15(14)22/h5-8,13,16,18,23-25H,4,9-11H2,1-3H3,(H,27,28). The van der Waals surface area contributed by atoms with Gasteiger partial charge in [-0.2, -0.15) is 0 Å². The number of aliphatic hydroxyl groups excluding tert-OH is 2. The summed E-state index contributed by atoms with van der Waals surface area (Å²) in [5.41, 5.74) is -0.321. The van der Waals surface area contributed by atoms with Gasteiger partial charge in [0.25, 0.3) is 0 Å². The molecule has 2 rings (SSSR count). The van der Waals surface area contributed by atoms with Crippen molar-refractivity contribution in [1.82, 2.24) is 5.32 Å². The number of halogens is 1. The summed E-state index contributed by atoms with van der Waals surface area (Å²) < 4.78 is 10.5. The molecule has 9 heteroatoms. The molecular weight excluding hydrogens is 414 g/mol. The lowest BCUT2D eigenvalue weighted by Gasteiger charge is -2.48. The van der Waals surface area contributed by atoms with Crippen molar-refractivity contribution in [2.24, 2.45) is 5.41 Å². The Balaban J connectivity index is 2.65. The van der Waals surface area contributed by atoms with Crippen molar-refractivity contribution in [3.8, 4) is 0 Å². The third-order valence-electron chi connectivity index (χ3n) is 5.63. The van der Waals surface area contributed by atoms with Crippen molar-refractivity contribution in [3.05, 3.63) is 46.1 Å². The summed E-state index contributed by atoms with van der Waals surface area (Å²) in [7, 11) is 1.24. The zero-order valence-corrected chi connectivity index (χ0v) is 18.0. The average Bonchev–Trinajstić information content (AvgIpc) is 2.73. The molecule has 4 unspecified atom stereocenters. The van der Waals surface area contributed by atoms with Gasteiger partial charge in [-0.15, -0.1) is 0 Å². The predicted molar refractivity (Wildman–Crippen MR) is 110 cm³/mol. The van der Waals surface area contributed by atoms with E-state index in [2.05, 4.69) is 5.32 Å². The normalized spacial score (nSPS) is 24.9. The van der Waals surface area contributed by atoms with Crippen molar-refractivity contribution in [2.75, 3.05) is 26.9 Å². The van der Waals surface area contributed by atoms with Crippen LogP contribution in [-0.2, 0) is 19.1 Å². The molecule has 4 N–H and O–H groups in total. The van der Waals surface area contributed by atoms with Gasteiger partial charge in [-0.05, 0) is 25.0 Å². The summed E-state index contributed by atoms with van der Waals surface area (Å²) in [6.07, 6.45) is -0.911. The zero-order valence-electron chi connectivity index (χ0n) is 17.2. The molecule has 1 aliphatic rings. The fourth-order valence-electron chi connectivity index (χ4n) is 4.11. The number of rotatable bonds is 9. The minimum Gasteiger partial charge on any atom is -0.481 e. The van der Waals surface area contributed by atoms with E-state index in [1.54, 1.807) is 38.1 Å². The third-order valence-corrected chi connectivity index (χ3v) is 5.97. The number of allylic oxidation sites excluding steroid dienone is 1. The maximum absolute atomic E-state index is 12.7. The second kappa shape index (κ2) is 10.3. The van der Waals surface area contributed by atoms with Crippen LogP contribution < -0.4 is 5.32 Å². The molecule has 30 heavy (non-hydrogen) atoms. The van der Waals surface area contributed by atoms with Crippen molar-refractivity contribution in [1.29, 1.82) is 0 Å². The van der Waals surface area contributed by atoms with E-state index < -0.39 is 42.0 Å². The summed E-state index contributed by atoms with van der Waals surface area (Å²) in [4.78, 5) is 25.4. The number of carbonyl (C=O) groups excluding carboxylic acids is 1. The van der Waals surface area contributed by atoms with Crippen LogP contribution in [0.2, 0.25) is 5.02 Å².